The number of benzene rings is 2. The fourth-order valence-corrected chi connectivity index (χ4v) is 2.77. The van der Waals surface area contributed by atoms with Gasteiger partial charge >= 0.3 is 0 Å². The number of para-hydroxylation sites is 1. The maximum Gasteiger partial charge on any atom is 0.265 e. The Morgan fingerprint density at radius 1 is 1.19 bits per heavy atom. The second kappa shape index (κ2) is 7.29. The van der Waals surface area contributed by atoms with Crippen molar-refractivity contribution in [3.8, 4) is 5.75 Å². The van der Waals surface area contributed by atoms with E-state index in [1.807, 2.05) is 24.3 Å². The number of nitrogens with one attached hydrogen (secondary N) is 1. The van der Waals surface area contributed by atoms with Gasteiger partial charge in [0.05, 0.1) is 10.2 Å². The van der Waals surface area contributed by atoms with Gasteiger partial charge < -0.3 is 10.1 Å². The van der Waals surface area contributed by atoms with Gasteiger partial charge in [0.1, 0.15) is 5.75 Å². The lowest BCUT2D eigenvalue weighted by Gasteiger charge is -2.16. The minimum atomic E-state index is -0.644. The Bertz CT molecular complexity index is 664. The standard InChI is InChI=1S/C15H12Br2ClNO2/c1-9(21-14-7-6-10(18)8-12(14)17)15(20)19-13-5-3-2-4-11(13)16/h2-9H,1H3,(H,19,20). The Balaban J connectivity index is 2.04. The number of halogens is 3. The first-order chi connectivity index (χ1) is 9.97. The van der Waals surface area contributed by atoms with E-state index < -0.39 is 6.10 Å². The number of carbonyl (C=O) groups is 1. The van der Waals surface area contributed by atoms with Gasteiger partial charge in [-0.2, -0.15) is 0 Å². The van der Waals surface area contributed by atoms with Crippen molar-refractivity contribution < 1.29 is 9.53 Å². The highest BCUT2D eigenvalue weighted by Crippen LogP contribution is 2.29. The van der Waals surface area contributed by atoms with Gasteiger partial charge in [0.2, 0.25) is 0 Å². The molecule has 110 valence electrons. The first-order valence-corrected chi connectivity index (χ1v) is 8.11. The van der Waals surface area contributed by atoms with Gasteiger partial charge in [0.15, 0.2) is 6.10 Å². The van der Waals surface area contributed by atoms with Gasteiger partial charge in [0.25, 0.3) is 5.91 Å². The van der Waals surface area contributed by atoms with Crippen LogP contribution in [-0.2, 0) is 4.79 Å². The Kier molecular flexibility index (Phi) is 5.67. The summed E-state index contributed by atoms with van der Waals surface area (Å²) < 4.78 is 7.16. The topological polar surface area (TPSA) is 38.3 Å². The fraction of sp³-hybridized carbons (Fsp3) is 0.133. The average molecular weight is 434 g/mol. The molecule has 1 atom stereocenters. The summed E-state index contributed by atoms with van der Waals surface area (Å²) in [4.78, 5) is 12.1. The molecule has 21 heavy (non-hydrogen) atoms. The molecule has 0 spiro atoms. The van der Waals surface area contributed by atoms with Crippen LogP contribution < -0.4 is 10.1 Å². The summed E-state index contributed by atoms with van der Waals surface area (Å²) in [5.41, 5.74) is 0.702. The predicted molar refractivity (Wildman–Crippen MR) is 92.0 cm³/mol. The molecular weight excluding hydrogens is 421 g/mol. The Morgan fingerprint density at radius 3 is 2.57 bits per heavy atom. The highest BCUT2D eigenvalue weighted by molar-refractivity contribution is 9.11. The quantitative estimate of drug-likeness (QED) is 0.713. The summed E-state index contributed by atoms with van der Waals surface area (Å²) in [6.45, 7) is 1.69. The van der Waals surface area contributed by atoms with Gasteiger partial charge in [0, 0.05) is 9.50 Å². The molecule has 0 radical (unpaired) electrons. The molecule has 0 heterocycles. The monoisotopic (exact) mass is 431 g/mol. The zero-order valence-corrected chi connectivity index (χ0v) is 15.0. The van der Waals surface area contributed by atoms with Gasteiger partial charge in [-0.25, -0.2) is 0 Å². The van der Waals surface area contributed by atoms with Gasteiger partial charge in [-0.1, -0.05) is 23.7 Å². The SMILES string of the molecule is CC(Oc1ccc(Cl)cc1Br)C(=O)Nc1ccccc1Br. The molecule has 0 saturated heterocycles. The van der Waals surface area contributed by atoms with Crippen LogP contribution in [-0.4, -0.2) is 12.0 Å². The summed E-state index contributed by atoms with van der Waals surface area (Å²) in [6, 6.07) is 12.5. The smallest absolute Gasteiger partial charge is 0.265 e. The molecule has 1 amide bonds. The van der Waals surface area contributed by atoms with E-state index in [0.29, 0.717) is 20.9 Å². The van der Waals surface area contributed by atoms with E-state index in [9.17, 15) is 4.79 Å². The lowest BCUT2D eigenvalue weighted by molar-refractivity contribution is -0.122. The molecule has 6 heteroatoms. The predicted octanol–water partition coefficient (Wildman–Crippen LogP) is 5.27. The molecule has 0 fully saturated rings. The maximum atomic E-state index is 12.1. The number of anilines is 1. The number of ether oxygens (including phenoxy) is 1. The summed E-state index contributed by atoms with van der Waals surface area (Å²) in [5, 5.41) is 3.41. The zero-order chi connectivity index (χ0) is 15.4. The van der Waals surface area contributed by atoms with Crippen LogP contribution in [0.15, 0.2) is 51.4 Å². The number of amides is 1. The minimum absolute atomic E-state index is 0.233. The second-order valence-corrected chi connectivity index (χ2v) is 6.45. The third-order valence-electron chi connectivity index (χ3n) is 2.70. The maximum absolute atomic E-state index is 12.1. The number of carbonyl (C=O) groups excluding carboxylic acids is 1. The molecular formula is C15H12Br2ClNO2. The van der Waals surface area contributed by atoms with Crippen molar-refractivity contribution in [3.63, 3.8) is 0 Å². The summed E-state index contributed by atoms with van der Waals surface area (Å²) in [6.07, 6.45) is -0.644. The van der Waals surface area contributed by atoms with Crippen molar-refractivity contribution in [2.24, 2.45) is 0 Å². The van der Waals surface area contributed by atoms with Crippen molar-refractivity contribution >= 4 is 55.1 Å². The van der Waals surface area contributed by atoms with E-state index >= 15 is 0 Å². The minimum Gasteiger partial charge on any atom is -0.480 e. The van der Waals surface area contributed by atoms with Crippen LogP contribution in [0.4, 0.5) is 5.69 Å². The van der Waals surface area contributed by atoms with E-state index in [1.54, 1.807) is 25.1 Å². The molecule has 0 bridgehead atoms. The molecule has 0 aliphatic carbocycles. The third-order valence-corrected chi connectivity index (χ3v) is 4.24. The van der Waals surface area contributed by atoms with Crippen LogP contribution in [0.3, 0.4) is 0 Å². The van der Waals surface area contributed by atoms with Crippen LogP contribution >= 0.6 is 43.5 Å². The highest BCUT2D eigenvalue weighted by Gasteiger charge is 2.17. The first-order valence-electron chi connectivity index (χ1n) is 6.14. The molecule has 3 nitrogen and oxygen atoms in total. The van der Waals surface area contributed by atoms with Crippen LogP contribution in [0, 0.1) is 0 Å². The summed E-state index contributed by atoms with van der Waals surface area (Å²) >= 11 is 12.6. The normalized spacial score (nSPS) is 11.8. The zero-order valence-electron chi connectivity index (χ0n) is 11.1. The number of rotatable bonds is 4. The third kappa shape index (κ3) is 4.46. The summed E-state index contributed by atoms with van der Waals surface area (Å²) in [7, 11) is 0. The Hall–Kier alpha value is -1.04. The van der Waals surface area contributed by atoms with Gasteiger partial charge in [-0.3, -0.25) is 4.79 Å². The van der Waals surface area contributed by atoms with E-state index in [0.717, 1.165) is 4.47 Å². The van der Waals surface area contributed by atoms with Gasteiger partial charge in [-0.05, 0) is 69.1 Å². The van der Waals surface area contributed by atoms with E-state index in [4.69, 9.17) is 16.3 Å². The van der Waals surface area contributed by atoms with Crippen molar-refractivity contribution in [1.29, 1.82) is 0 Å². The first kappa shape index (κ1) is 16.3. The second-order valence-electron chi connectivity index (χ2n) is 4.30. The molecule has 2 aromatic carbocycles. The molecule has 2 aromatic rings. The van der Waals surface area contributed by atoms with Crippen LogP contribution in [0.2, 0.25) is 5.02 Å². The van der Waals surface area contributed by atoms with Crippen LogP contribution in [0.5, 0.6) is 5.75 Å². The molecule has 0 saturated carbocycles. The Morgan fingerprint density at radius 2 is 1.90 bits per heavy atom. The molecule has 2 rings (SSSR count). The molecule has 0 aromatic heterocycles. The van der Waals surface area contributed by atoms with Crippen molar-refractivity contribution in [2.75, 3.05) is 5.32 Å². The molecule has 0 aliphatic heterocycles. The van der Waals surface area contributed by atoms with E-state index in [2.05, 4.69) is 37.2 Å². The van der Waals surface area contributed by atoms with Crippen LogP contribution in [0.1, 0.15) is 6.92 Å². The Labute approximate surface area is 144 Å². The average Bonchev–Trinajstić information content (AvgIpc) is 2.44. The van der Waals surface area contributed by atoms with Gasteiger partial charge in [-0.15, -0.1) is 0 Å². The molecule has 0 aliphatic rings. The lowest BCUT2D eigenvalue weighted by atomic mass is 10.3. The number of hydrogen-bond acceptors (Lipinski definition) is 2. The van der Waals surface area contributed by atoms with Crippen molar-refractivity contribution in [2.45, 2.75) is 13.0 Å². The summed E-state index contributed by atoms with van der Waals surface area (Å²) in [5.74, 6) is 0.331. The molecule has 1 unspecified atom stereocenters. The largest absolute Gasteiger partial charge is 0.480 e. The van der Waals surface area contributed by atoms with Crippen molar-refractivity contribution in [1.82, 2.24) is 0 Å². The van der Waals surface area contributed by atoms with Crippen molar-refractivity contribution in [3.05, 3.63) is 56.4 Å². The number of hydrogen-bond donors (Lipinski definition) is 1. The van der Waals surface area contributed by atoms with E-state index in [-0.39, 0.29) is 5.91 Å². The lowest BCUT2D eigenvalue weighted by Crippen LogP contribution is -2.30. The van der Waals surface area contributed by atoms with E-state index in [1.165, 1.54) is 0 Å². The highest BCUT2D eigenvalue weighted by atomic mass is 79.9. The van der Waals surface area contributed by atoms with Crippen LogP contribution in [0.25, 0.3) is 0 Å². The fourth-order valence-electron chi connectivity index (χ4n) is 1.61. The molecule has 1 N–H and O–H groups in total.